The van der Waals surface area contributed by atoms with Crippen molar-refractivity contribution in [3.63, 3.8) is 0 Å². The number of hydrogen-bond acceptors (Lipinski definition) is 6. The first-order chi connectivity index (χ1) is 19.3. The van der Waals surface area contributed by atoms with Gasteiger partial charge in [-0.05, 0) is 59.3 Å². The van der Waals surface area contributed by atoms with Gasteiger partial charge in [0.25, 0.3) is 5.56 Å². The highest BCUT2D eigenvalue weighted by atomic mass is 16.5. The number of anilines is 2. The molecule has 3 aromatic carbocycles. The summed E-state index contributed by atoms with van der Waals surface area (Å²) in [5.41, 5.74) is 9.99. The number of nitrogens with zero attached hydrogens (tertiary/aromatic N) is 1. The summed E-state index contributed by atoms with van der Waals surface area (Å²) in [6, 6.07) is 22.5. The number of nitrogens with one attached hydrogen (secondary N) is 3. The first-order valence-corrected chi connectivity index (χ1v) is 13.3. The number of aromatic nitrogens is 1. The van der Waals surface area contributed by atoms with Crippen molar-refractivity contribution in [1.29, 1.82) is 0 Å². The van der Waals surface area contributed by atoms with Crippen molar-refractivity contribution < 1.29 is 14.3 Å². The van der Waals surface area contributed by atoms with Gasteiger partial charge in [0.1, 0.15) is 0 Å². The van der Waals surface area contributed by atoms with E-state index in [2.05, 4.69) is 15.6 Å². The number of carbonyl (C=O) groups is 2. The average Bonchev–Trinajstić information content (AvgIpc) is 2.95. The Labute approximate surface area is 233 Å². The lowest BCUT2D eigenvalue weighted by molar-refractivity contribution is -0.129. The van der Waals surface area contributed by atoms with E-state index in [-0.39, 0.29) is 30.5 Å². The van der Waals surface area contributed by atoms with Gasteiger partial charge in [0.15, 0.2) is 0 Å². The normalized spacial score (nSPS) is 11.6. The van der Waals surface area contributed by atoms with E-state index in [9.17, 15) is 14.4 Å². The molecule has 9 nitrogen and oxygen atoms in total. The van der Waals surface area contributed by atoms with Gasteiger partial charge in [0, 0.05) is 48.5 Å². The minimum absolute atomic E-state index is 0.0413. The van der Waals surface area contributed by atoms with Gasteiger partial charge >= 0.3 is 6.09 Å². The molecular weight excluding hydrogens is 506 g/mol. The third-order valence-corrected chi connectivity index (χ3v) is 6.70. The zero-order valence-corrected chi connectivity index (χ0v) is 22.8. The second-order valence-corrected chi connectivity index (χ2v) is 9.75. The molecule has 0 aliphatic heterocycles. The number of pyridine rings is 1. The molecule has 0 saturated carbocycles. The van der Waals surface area contributed by atoms with Crippen LogP contribution in [0.5, 0.6) is 0 Å². The zero-order valence-electron chi connectivity index (χ0n) is 22.8. The highest BCUT2D eigenvalue weighted by Gasteiger charge is 2.15. The Kier molecular flexibility index (Phi) is 9.53. The number of nitrogens with two attached hydrogens (primary N) is 1. The molecule has 40 heavy (non-hydrogen) atoms. The number of hydrogen-bond donors (Lipinski definition) is 4. The minimum atomic E-state index is -0.536. The largest absolute Gasteiger partial charge is 0.449 e. The molecule has 1 aromatic heterocycles. The van der Waals surface area contributed by atoms with E-state index >= 15 is 0 Å². The molecule has 0 aliphatic carbocycles. The average molecular weight is 542 g/mol. The number of amides is 2. The highest BCUT2D eigenvalue weighted by molar-refractivity contribution is 5.87. The Bertz CT molecular complexity index is 1530. The van der Waals surface area contributed by atoms with E-state index in [0.717, 1.165) is 22.1 Å². The smallest absolute Gasteiger partial charge is 0.411 e. The quantitative estimate of drug-likeness (QED) is 0.220. The third-order valence-electron chi connectivity index (χ3n) is 6.70. The summed E-state index contributed by atoms with van der Waals surface area (Å²) >= 11 is 0. The van der Waals surface area contributed by atoms with Crippen molar-refractivity contribution in [3.8, 4) is 0 Å². The third kappa shape index (κ3) is 7.48. The standard InChI is InChI=1S/C31H35N5O4/c1-21-6-3-4-9-27(21)22(2)20-40-31(39)35-26-8-5-7-23(16-26)19-36(15-13-32)29(37)18-34-25-11-10-24-12-14-33-30(38)28(24)17-25/h3-12,14,16-17,22,34H,13,15,18-20,32H2,1-2H3,(H,33,38)(H,35,39). The van der Waals surface area contributed by atoms with E-state index in [0.29, 0.717) is 36.4 Å². The summed E-state index contributed by atoms with van der Waals surface area (Å²) in [5, 5.41) is 7.25. The molecular formula is C31H35N5O4. The van der Waals surface area contributed by atoms with Crippen LogP contribution in [0.3, 0.4) is 0 Å². The van der Waals surface area contributed by atoms with Crippen molar-refractivity contribution in [2.24, 2.45) is 5.73 Å². The number of H-pyrrole nitrogens is 1. The molecule has 0 fully saturated rings. The van der Waals surface area contributed by atoms with Crippen molar-refractivity contribution in [2.45, 2.75) is 26.3 Å². The number of carbonyl (C=O) groups excluding carboxylic acids is 2. The summed E-state index contributed by atoms with van der Waals surface area (Å²) in [4.78, 5) is 41.9. The maximum Gasteiger partial charge on any atom is 0.411 e. The fraction of sp³-hybridized carbons (Fsp3) is 0.258. The maximum atomic E-state index is 13.0. The first kappa shape index (κ1) is 28.4. The summed E-state index contributed by atoms with van der Waals surface area (Å²) in [6.07, 6.45) is 1.07. The molecule has 0 aliphatic rings. The lowest BCUT2D eigenvalue weighted by Gasteiger charge is -2.23. The van der Waals surface area contributed by atoms with Gasteiger partial charge in [-0.15, -0.1) is 0 Å². The molecule has 0 radical (unpaired) electrons. The van der Waals surface area contributed by atoms with Crippen molar-refractivity contribution in [1.82, 2.24) is 9.88 Å². The van der Waals surface area contributed by atoms with Crippen LogP contribution in [0.15, 0.2) is 83.8 Å². The lowest BCUT2D eigenvalue weighted by atomic mass is 9.97. The van der Waals surface area contributed by atoms with E-state index < -0.39 is 6.09 Å². The lowest BCUT2D eigenvalue weighted by Crippen LogP contribution is -2.38. The van der Waals surface area contributed by atoms with Crippen LogP contribution in [0, 0.1) is 6.92 Å². The van der Waals surface area contributed by atoms with E-state index in [4.69, 9.17) is 10.5 Å². The molecule has 1 heterocycles. The summed E-state index contributed by atoms with van der Waals surface area (Å²) in [5.74, 6) is -0.0755. The number of benzene rings is 3. The fourth-order valence-electron chi connectivity index (χ4n) is 4.58. The Morgan fingerprint density at radius 2 is 1.85 bits per heavy atom. The summed E-state index contributed by atoms with van der Waals surface area (Å²) in [7, 11) is 0. The second kappa shape index (κ2) is 13.4. The van der Waals surface area contributed by atoms with Gasteiger partial charge in [0.2, 0.25) is 5.91 Å². The predicted octanol–water partition coefficient (Wildman–Crippen LogP) is 4.59. The number of ether oxygens (including phenoxy) is 1. The van der Waals surface area contributed by atoms with Gasteiger partial charge < -0.3 is 25.7 Å². The van der Waals surface area contributed by atoms with Crippen molar-refractivity contribution in [2.75, 3.05) is 36.9 Å². The van der Waals surface area contributed by atoms with Crippen LogP contribution in [0.4, 0.5) is 16.2 Å². The van der Waals surface area contributed by atoms with Crippen molar-refractivity contribution >= 4 is 34.1 Å². The van der Waals surface area contributed by atoms with Gasteiger partial charge in [-0.25, -0.2) is 4.79 Å². The number of aromatic amines is 1. The van der Waals surface area contributed by atoms with Crippen LogP contribution in [0.1, 0.15) is 29.5 Å². The molecule has 4 rings (SSSR count). The predicted molar refractivity (Wildman–Crippen MR) is 159 cm³/mol. The molecule has 4 aromatic rings. The van der Waals surface area contributed by atoms with Crippen LogP contribution >= 0.6 is 0 Å². The molecule has 0 bridgehead atoms. The molecule has 2 amide bonds. The van der Waals surface area contributed by atoms with E-state index in [1.165, 1.54) is 0 Å². The number of fused-ring (bicyclic) bond motifs is 1. The maximum absolute atomic E-state index is 13.0. The minimum Gasteiger partial charge on any atom is -0.449 e. The van der Waals surface area contributed by atoms with E-state index in [1.54, 1.807) is 23.2 Å². The number of rotatable bonds is 11. The Morgan fingerprint density at radius 3 is 2.65 bits per heavy atom. The Hall–Kier alpha value is -4.63. The topological polar surface area (TPSA) is 130 Å². The number of aryl methyl sites for hydroxylation is 1. The van der Waals surface area contributed by atoms with E-state index in [1.807, 2.05) is 74.5 Å². The molecule has 1 unspecified atom stereocenters. The monoisotopic (exact) mass is 541 g/mol. The van der Waals surface area contributed by atoms with Crippen LogP contribution in [0.25, 0.3) is 10.8 Å². The van der Waals surface area contributed by atoms with Crippen molar-refractivity contribution in [3.05, 3.63) is 106 Å². The molecule has 1 atom stereocenters. The van der Waals surface area contributed by atoms with Crippen LogP contribution in [-0.4, -0.2) is 48.1 Å². The van der Waals surface area contributed by atoms with Crippen LogP contribution < -0.4 is 21.9 Å². The fourth-order valence-corrected chi connectivity index (χ4v) is 4.58. The van der Waals surface area contributed by atoms with Crippen LogP contribution in [-0.2, 0) is 16.1 Å². The second-order valence-electron chi connectivity index (χ2n) is 9.75. The van der Waals surface area contributed by atoms with Gasteiger partial charge in [-0.2, -0.15) is 0 Å². The highest BCUT2D eigenvalue weighted by Crippen LogP contribution is 2.20. The Balaban J connectivity index is 1.33. The molecule has 5 N–H and O–H groups in total. The first-order valence-electron chi connectivity index (χ1n) is 13.3. The molecule has 0 saturated heterocycles. The van der Waals surface area contributed by atoms with Gasteiger partial charge in [-0.3, -0.25) is 14.9 Å². The van der Waals surface area contributed by atoms with Gasteiger partial charge in [-0.1, -0.05) is 49.4 Å². The molecule has 9 heteroatoms. The van der Waals surface area contributed by atoms with Gasteiger partial charge in [0.05, 0.1) is 13.2 Å². The SMILES string of the molecule is Cc1ccccc1C(C)COC(=O)Nc1cccc(CN(CCN)C(=O)CNc2ccc3cc[nH]c(=O)c3c2)c1. The zero-order chi connectivity index (χ0) is 28.5. The van der Waals surface area contributed by atoms with Crippen LogP contribution in [0.2, 0.25) is 0 Å². The summed E-state index contributed by atoms with van der Waals surface area (Å²) < 4.78 is 5.46. The molecule has 208 valence electrons. The Morgan fingerprint density at radius 1 is 1.02 bits per heavy atom. The molecule has 0 spiro atoms. The summed E-state index contributed by atoms with van der Waals surface area (Å²) in [6.45, 7) is 5.36.